The zero-order chi connectivity index (χ0) is 9.03. The lowest BCUT2D eigenvalue weighted by molar-refractivity contribution is 0.801. The molecule has 0 spiro atoms. The Hall–Kier alpha value is -0.170. The number of rotatable bonds is 3. The minimum Gasteiger partial charge on any atom is -0.156 e. The molecule has 0 fully saturated rings. The Morgan fingerprint density at radius 3 is 2.67 bits per heavy atom. The second kappa shape index (κ2) is 4.18. The summed E-state index contributed by atoms with van der Waals surface area (Å²) in [5.41, 5.74) is 1.52. The fourth-order valence-corrected chi connectivity index (χ4v) is 2.12. The van der Waals surface area contributed by atoms with Gasteiger partial charge in [-0.15, -0.1) is 0 Å². The van der Waals surface area contributed by atoms with Gasteiger partial charge >= 0.3 is 0 Å². The molecule has 0 nitrogen and oxygen atoms in total. The highest BCUT2D eigenvalue weighted by Crippen LogP contribution is 2.26. The van der Waals surface area contributed by atoms with Crippen LogP contribution in [0.3, 0.4) is 0 Å². The lowest BCUT2D eigenvalue weighted by atomic mass is 10.2. The van der Waals surface area contributed by atoms with Gasteiger partial charge in [-0.1, -0.05) is 44.6 Å². The summed E-state index contributed by atoms with van der Waals surface area (Å²) in [4.78, 5) is 0. The summed E-state index contributed by atoms with van der Waals surface area (Å²) in [7, 11) is 0. The van der Waals surface area contributed by atoms with Crippen molar-refractivity contribution in [3.8, 4) is 0 Å². The highest BCUT2D eigenvalue weighted by molar-refractivity contribution is 8.00. The van der Waals surface area contributed by atoms with Crippen molar-refractivity contribution < 1.29 is 0 Å². The van der Waals surface area contributed by atoms with E-state index >= 15 is 0 Å². The molecule has 68 valence electrons. The molecule has 0 heterocycles. The van der Waals surface area contributed by atoms with Crippen molar-refractivity contribution >= 4 is 11.8 Å². The quantitative estimate of drug-likeness (QED) is 0.640. The van der Waals surface area contributed by atoms with Crippen molar-refractivity contribution in [3.05, 3.63) is 23.8 Å². The van der Waals surface area contributed by atoms with E-state index in [4.69, 9.17) is 0 Å². The van der Waals surface area contributed by atoms with Crippen LogP contribution in [0.2, 0.25) is 0 Å². The second-order valence-corrected chi connectivity index (χ2v) is 6.05. The van der Waals surface area contributed by atoms with Crippen LogP contribution >= 0.6 is 11.8 Å². The Kier molecular flexibility index (Phi) is 3.45. The van der Waals surface area contributed by atoms with Gasteiger partial charge in [-0.3, -0.25) is 0 Å². The van der Waals surface area contributed by atoms with Gasteiger partial charge in [0, 0.05) is 4.75 Å². The van der Waals surface area contributed by atoms with Gasteiger partial charge < -0.3 is 0 Å². The predicted molar refractivity (Wildman–Crippen MR) is 58.7 cm³/mol. The van der Waals surface area contributed by atoms with Crippen LogP contribution < -0.4 is 0 Å². The van der Waals surface area contributed by atoms with Gasteiger partial charge in [-0.05, 0) is 18.6 Å². The SMILES string of the molecule is CC(C)(C)SCCC1=CCC=C1. The molecule has 0 aliphatic heterocycles. The molecule has 1 aliphatic carbocycles. The molecule has 0 N–H and O–H groups in total. The maximum Gasteiger partial charge on any atom is 0.00752 e. The fraction of sp³-hybridized carbons (Fsp3) is 0.636. The lowest BCUT2D eigenvalue weighted by Gasteiger charge is -2.17. The highest BCUT2D eigenvalue weighted by Gasteiger charge is 2.10. The summed E-state index contributed by atoms with van der Waals surface area (Å²) >= 11 is 2.05. The lowest BCUT2D eigenvalue weighted by Crippen LogP contribution is -2.08. The van der Waals surface area contributed by atoms with Crippen molar-refractivity contribution in [1.29, 1.82) is 0 Å². The van der Waals surface area contributed by atoms with Crippen LogP contribution in [0.15, 0.2) is 23.8 Å². The normalized spacial score (nSPS) is 16.8. The molecule has 0 saturated heterocycles. The molecule has 1 rings (SSSR count). The van der Waals surface area contributed by atoms with Crippen molar-refractivity contribution in [2.75, 3.05) is 5.75 Å². The number of thioether (sulfide) groups is 1. The molecule has 0 unspecified atom stereocenters. The molecule has 12 heavy (non-hydrogen) atoms. The Labute approximate surface area is 80.1 Å². The van der Waals surface area contributed by atoms with Gasteiger partial charge in [-0.25, -0.2) is 0 Å². The topological polar surface area (TPSA) is 0 Å². The average molecular weight is 182 g/mol. The van der Waals surface area contributed by atoms with Gasteiger partial charge in [-0.2, -0.15) is 11.8 Å². The van der Waals surface area contributed by atoms with E-state index in [1.165, 1.54) is 17.7 Å². The van der Waals surface area contributed by atoms with E-state index in [-0.39, 0.29) is 0 Å². The van der Waals surface area contributed by atoms with Crippen molar-refractivity contribution in [2.24, 2.45) is 0 Å². The fourth-order valence-electron chi connectivity index (χ4n) is 1.17. The van der Waals surface area contributed by atoms with E-state index < -0.39 is 0 Å². The third kappa shape index (κ3) is 4.01. The molecule has 0 atom stereocenters. The van der Waals surface area contributed by atoms with Crippen LogP contribution in [0.1, 0.15) is 33.6 Å². The monoisotopic (exact) mass is 182 g/mol. The second-order valence-electron chi connectivity index (χ2n) is 4.13. The Morgan fingerprint density at radius 1 is 1.42 bits per heavy atom. The van der Waals surface area contributed by atoms with E-state index in [1.54, 1.807) is 0 Å². The average Bonchev–Trinajstić information content (AvgIpc) is 2.36. The first-order chi connectivity index (χ1) is 5.58. The van der Waals surface area contributed by atoms with Gasteiger partial charge in [0.1, 0.15) is 0 Å². The molecule has 1 aliphatic rings. The maximum atomic E-state index is 2.32. The summed E-state index contributed by atoms with van der Waals surface area (Å²) in [5, 5.41) is 0. The smallest absolute Gasteiger partial charge is 0.00752 e. The number of hydrogen-bond acceptors (Lipinski definition) is 1. The summed E-state index contributed by atoms with van der Waals surface area (Å²) in [6.07, 6.45) is 9.19. The maximum absolute atomic E-state index is 2.32. The van der Waals surface area contributed by atoms with Gasteiger partial charge in [0.15, 0.2) is 0 Å². The first-order valence-corrected chi connectivity index (χ1v) is 5.56. The summed E-state index contributed by atoms with van der Waals surface area (Å²) < 4.78 is 0.420. The summed E-state index contributed by atoms with van der Waals surface area (Å²) in [5.74, 6) is 1.25. The van der Waals surface area contributed by atoms with Crippen LogP contribution in [0.4, 0.5) is 0 Å². The third-order valence-electron chi connectivity index (χ3n) is 1.77. The standard InChI is InChI=1S/C11H18S/c1-11(2,3)12-9-8-10-6-4-5-7-10/h4,6-7H,5,8-9H2,1-3H3. The molecule has 1 heteroatoms. The van der Waals surface area contributed by atoms with Crippen LogP contribution in [-0.2, 0) is 0 Å². The molecular formula is C11H18S. The van der Waals surface area contributed by atoms with Crippen LogP contribution in [-0.4, -0.2) is 10.5 Å². The van der Waals surface area contributed by atoms with E-state index in [0.29, 0.717) is 4.75 Å². The zero-order valence-electron chi connectivity index (χ0n) is 8.26. The highest BCUT2D eigenvalue weighted by atomic mass is 32.2. The van der Waals surface area contributed by atoms with E-state index in [1.807, 2.05) is 11.8 Å². The molecule has 0 aromatic rings. The molecule has 0 aromatic carbocycles. The van der Waals surface area contributed by atoms with Gasteiger partial charge in [0.05, 0.1) is 0 Å². The summed E-state index contributed by atoms with van der Waals surface area (Å²) in [6, 6.07) is 0. The van der Waals surface area contributed by atoms with Gasteiger partial charge in [0.2, 0.25) is 0 Å². The van der Waals surface area contributed by atoms with Crippen molar-refractivity contribution in [1.82, 2.24) is 0 Å². The van der Waals surface area contributed by atoms with Crippen LogP contribution in [0.25, 0.3) is 0 Å². The number of hydrogen-bond donors (Lipinski definition) is 0. The minimum absolute atomic E-state index is 0.420. The molecule has 0 amide bonds. The van der Waals surface area contributed by atoms with Gasteiger partial charge in [0.25, 0.3) is 0 Å². The predicted octanol–water partition coefficient (Wildman–Crippen LogP) is 3.79. The largest absolute Gasteiger partial charge is 0.156 e. The number of allylic oxidation sites excluding steroid dienone is 4. The molecule has 0 radical (unpaired) electrons. The molecule has 0 aromatic heterocycles. The molecule has 0 bridgehead atoms. The van der Waals surface area contributed by atoms with Crippen molar-refractivity contribution in [2.45, 2.75) is 38.4 Å². The zero-order valence-corrected chi connectivity index (χ0v) is 9.08. The molecule has 0 saturated carbocycles. The van der Waals surface area contributed by atoms with Crippen molar-refractivity contribution in [3.63, 3.8) is 0 Å². The minimum atomic E-state index is 0.420. The Morgan fingerprint density at radius 2 is 2.17 bits per heavy atom. The van der Waals surface area contributed by atoms with E-state index in [9.17, 15) is 0 Å². The van der Waals surface area contributed by atoms with E-state index in [2.05, 4.69) is 39.0 Å². The van der Waals surface area contributed by atoms with E-state index in [0.717, 1.165) is 6.42 Å². The molecular weight excluding hydrogens is 164 g/mol. The first-order valence-electron chi connectivity index (χ1n) is 4.57. The van der Waals surface area contributed by atoms with Crippen LogP contribution in [0.5, 0.6) is 0 Å². The van der Waals surface area contributed by atoms with Crippen LogP contribution in [0, 0.1) is 0 Å². The third-order valence-corrected chi connectivity index (χ3v) is 3.05. The Bertz CT molecular complexity index is 194. The first kappa shape index (κ1) is 9.91. The summed E-state index contributed by atoms with van der Waals surface area (Å²) in [6.45, 7) is 6.82. The Balaban J connectivity index is 2.14.